The minimum absolute atomic E-state index is 0.154. The first kappa shape index (κ1) is 13.5. The minimum Gasteiger partial charge on any atom is -0.355 e. The molecule has 1 amide bonds. The Balaban J connectivity index is 2.02. The largest absolute Gasteiger partial charge is 0.355 e. The van der Waals surface area contributed by atoms with Gasteiger partial charge < -0.3 is 10.6 Å². The van der Waals surface area contributed by atoms with Gasteiger partial charge in [-0.2, -0.15) is 0 Å². The van der Waals surface area contributed by atoms with Gasteiger partial charge in [0.05, 0.1) is 6.54 Å². The van der Waals surface area contributed by atoms with Crippen molar-refractivity contribution in [2.75, 3.05) is 13.1 Å². The maximum absolute atomic E-state index is 11.5. The quantitative estimate of drug-likeness (QED) is 0.632. The zero-order chi connectivity index (χ0) is 11.8. The van der Waals surface area contributed by atoms with Gasteiger partial charge in [0.2, 0.25) is 5.91 Å². The number of hydrogen-bond donors (Lipinski definition) is 2. The van der Waals surface area contributed by atoms with Crippen LogP contribution in [0.5, 0.6) is 0 Å². The lowest BCUT2D eigenvalue weighted by atomic mass is 9.99. The van der Waals surface area contributed by atoms with Gasteiger partial charge in [-0.25, -0.2) is 0 Å². The highest BCUT2D eigenvalue weighted by atomic mass is 16.1. The number of rotatable bonds is 9. The van der Waals surface area contributed by atoms with E-state index in [0.717, 1.165) is 13.0 Å². The molecule has 2 N–H and O–H groups in total. The van der Waals surface area contributed by atoms with Crippen LogP contribution in [-0.2, 0) is 4.79 Å². The Bertz CT molecular complexity index is 202. The molecular formula is C13H26N2O. The van der Waals surface area contributed by atoms with E-state index in [-0.39, 0.29) is 5.91 Å². The summed E-state index contributed by atoms with van der Waals surface area (Å²) in [7, 11) is 0. The molecule has 0 aromatic heterocycles. The van der Waals surface area contributed by atoms with Crippen LogP contribution in [0.25, 0.3) is 0 Å². The highest BCUT2D eigenvalue weighted by Gasteiger charge is 2.21. The number of hydrogen-bond acceptors (Lipinski definition) is 2. The predicted octanol–water partition coefficient (Wildman–Crippen LogP) is 2.07. The summed E-state index contributed by atoms with van der Waals surface area (Å²) >= 11 is 0. The maximum atomic E-state index is 11.5. The first-order valence-corrected chi connectivity index (χ1v) is 6.76. The molecule has 0 heterocycles. The Kier molecular flexibility index (Phi) is 6.46. The van der Waals surface area contributed by atoms with E-state index >= 15 is 0 Å². The molecule has 1 saturated carbocycles. The second kappa shape index (κ2) is 7.66. The van der Waals surface area contributed by atoms with E-state index in [0.29, 0.717) is 18.5 Å². The van der Waals surface area contributed by atoms with E-state index < -0.39 is 0 Å². The molecule has 94 valence electrons. The Hall–Kier alpha value is -0.570. The van der Waals surface area contributed by atoms with Crippen molar-refractivity contribution in [1.82, 2.24) is 10.6 Å². The molecule has 1 aliphatic carbocycles. The first-order chi connectivity index (χ1) is 7.76. The van der Waals surface area contributed by atoms with Gasteiger partial charge in [0.25, 0.3) is 0 Å². The molecule has 0 aliphatic heterocycles. The van der Waals surface area contributed by atoms with E-state index in [1.54, 1.807) is 0 Å². The normalized spacial score (nSPS) is 17.1. The zero-order valence-corrected chi connectivity index (χ0v) is 10.7. The predicted molar refractivity (Wildman–Crippen MR) is 67.3 cm³/mol. The Morgan fingerprint density at radius 2 is 2.12 bits per heavy atom. The minimum atomic E-state index is 0.154. The standard InChI is InChI=1S/C13H26N2O/c1-3-5-6-11(4-2)9-15-13(16)10-14-12-7-8-12/h11-12,14H,3-10H2,1-2H3,(H,15,16)/t11-/m1/s1. The topological polar surface area (TPSA) is 41.1 Å². The number of carbonyl (C=O) groups excluding carboxylic acids is 1. The molecular weight excluding hydrogens is 200 g/mol. The monoisotopic (exact) mass is 226 g/mol. The summed E-state index contributed by atoms with van der Waals surface area (Å²) in [5.41, 5.74) is 0. The molecule has 0 saturated heterocycles. The molecule has 1 fully saturated rings. The molecule has 3 nitrogen and oxygen atoms in total. The molecule has 0 aromatic rings. The van der Waals surface area contributed by atoms with E-state index in [1.165, 1.54) is 32.1 Å². The van der Waals surface area contributed by atoms with Crippen molar-refractivity contribution in [2.45, 2.75) is 58.4 Å². The number of carbonyl (C=O) groups is 1. The number of nitrogens with one attached hydrogen (secondary N) is 2. The van der Waals surface area contributed by atoms with Crippen molar-refractivity contribution in [2.24, 2.45) is 5.92 Å². The fraction of sp³-hybridized carbons (Fsp3) is 0.923. The molecule has 16 heavy (non-hydrogen) atoms. The maximum Gasteiger partial charge on any atom is 0.233 e. The summed E-state index contributed by atoms with van der Waals surface area (Å²) in [6.45, 7) is 5.76. The van der Waals surface area contributed by atoms with Crippen LogP contribution >= 0.6 is 0 Å². The lowest BCUT2D eigenvalue weighted by Crippen LogP contribution is -2.37. The SMILES string of the molecule is CCCC[C@@H](CC)CNC(=O)CNC1CC1. The summed E-state index contributed by atoms with van der Waals surface area (Å²) in [5.74, 6) is 0.812. The average molecular weight is 226 g/mol. The van der Waals surface area contributed by atoms with Crippen LogP contribution in [0.2, 0.25) is 0 Å². The Labute approximate surface area is 99.4 Å². The zero-order valence-electron chi connectivity index (χ0n) is 10.7. The molecule has 0 radical (unpaired) electrons. The highest BCUT2D eigenvalue weighted by molar-refractivity contribution is 5.78. The van der Waals surface area contributed by atoms with Crippen LogP contribution in [0, 0.1) is 5.92 Å². The third-order valence-electron chi connectivity index (χ3n) is 3.26. The van der Waals surface area contributed by atoms with Crippen LogP contribution in [0.4, 0.5) is 0 Å². The van der Waals surface area contributed by atoms with Crippen molar-refractivity contribution in [3.63, 3.8) is 0 Å². The van der Waals surface area contributed by atoms with Crippen molar-refractivity contribution in [1.29, 1.82) is 0 Å². The van der Waals surface area contributed by atoms with Gasteiger partial charge in [0.1, 0.15) is 0 Å². The van der Waals surface area contributed by atoms with E-state index in [1.807, 2.05) is 0 Å². The molecule has 1 aliphatic rings. The summed E-state index contributed by atoms with van der Waals surface area (Å²) in [4.78, 5) is 11.5. The van der Waals surface area contributed by atoms with Crippen molar-refractivity contribution < 1.29 is 4.79 Å². The lowest BCUT2D eigenvalue weighted by molar-refractivity contribution is -0.120. The summed E-state index contributed by atoms with van der Waals surface area (Å²) in [6, 6.07) is 0.618. The van der Waals surface area contributed by atoms with Crippen LogP contribution < -0.4 is 10.6 Å². The smallest absolute Gasteiger partial charge is 0.233 e. The number of unbranched alkanes of at least 4 members (excludes halogenated alkanes) is 1. The van der Waals surface area contributed by atoms with Crippen molar-refractivity contribution >= 4 is 5.91 Å². The summed E-state index contributed by atoms with van der Waals surface area (Å²) in [5, 5.41) is 6.25. The fourth-order valence-electron chi connectivity index (χ4n) is 1.79. The third kappa shape index (κ3) is 6.11. The first-order valence-electron chi connectivity index (χ1n) is 6.76. The molecule has 1 rings (SSSR count). The van der Waals surface area contributed by atoms with Gasteiger partial charge in [-0.15, -0.1) is 0 Å². The van der Waals surface area contributed by atoms with Crippen LogP contribution in [0.1, 0.15) is 52.4 Å². The molecule has 0 unspecified atom stereocenters. The van der Waals surface area contributed by atoms with Crippen molar-refractivity contribution in [3.8, 4) is 0 Å². The van der Waals surface area contributed by atoms with Crippen LogP contribution in [-0.4, -0.2) is 25.0 Å². The molecule has 1 atom stereocenters. The molecule has 3 heteroatoms. The van der Waals surface area contributed by atoms with Gasteiger partial charge in [0.15, 0.2) is 0 Å². The van der Waals surface area contributed by atoms with Gasteiger partial charge in [-0.3, -0.25) is 4.79 Å². The van der Waals surface area contributed by atoms with E-state index in [4.69, 9.17) is 0 Å². The second-order valence-corrected chi connectivity index (χ2v) is 4.88. The summed E-state index contributed by atoms with van der Waals surface area (Å²) < 4.78 is 0. The van der Waals surface area contributed by atoms with Crippen LogP contribution in [0.15, 0.2) is 0 Å². The average Bonchev–Trinajstić information content (AvgIpc) is 3.10. The molecule has 0 spiro atoms. The van der Waals surface area contributed by atoms with E-state index in [2.05, 4.69) is 24.5 Å². The van der Waals surface area contributed by atoms with Crippen molar-refractivity contribution in [3.05, 3.63) is 0 Å². The van der Waals surface area contributed by atoms with Gasteiger partial charge in [-0.1, -0.05) is 33.1 Å². The van der Waals surface area contributed by atoms with Gasteiger partial charge in [-0.05, 0) is 25.2 Å². The van der Waals surface area contributed by atoms with Gasteiger partial charge in [0, 0.05) is 12.6 Å². The molecule has 0 bridgehead atoms. The number of amides is 1. The second-order valence-electron chi connectivity index (χ2n) is 4.88. The summed E-state index contributed by atoms with van der Waals surface area (Å²) in [6.07, 6.45) is 7.39. The van der Waals surface area contributed by atoms with Gasteiger partial charge >= 0.3 is 0 Å². The fourth-order valence-corrected chi connectivity index (χ4v) is 1.79. The molecule has 0 aromatic carbocycles. The van der Waals surface area contributed by atoms with Crippen LogP contribution in [0.3, 0.4) is 0 Å². The Morgan fingerprint density at radius 1 is 1.38 bits per heavy atom. The third-order valence-corrected chi connectivity index (χ3v) is 3.26. The Morgan fingerprint density at radius 3 is 2.69 bits per heavy atom. The highest BCUT2D eigenvalue weighted by Crippen LogP contribution is 2.17. The lowest BCUT2D eigenvalue weighted by Gasteiger charge is -2.15. The van der Waals surface area contributed by atoms with E-state index in [9.17, 15) is 4.79 Å².